The second-order valence-corrected chi connectivity index (χ2v) is 3.10. The molecule has 0 amide bonds. The molecule has 0 saturated heterocycles. The summed E-state index contributed by atoms with van der Waals surface area (Å²) in [5.41, 5.74) is 0.637. The number of hydrogen-bond donors (Lipinski definition) is 1. The van der Waals surface area contributed by atoms with E-state index in [2.05, 4.69) is 10.3 Å². The largest absolute Gasteiger partial charge is 0.497 e. The minimum absolute atomic E-state index is 0.181. The molecule has 1 N–H and O–H groups in total. The predicted molar refractivity (Wildman–Crippen MR) is 57.8 cm³/mol. The number of benzene rings is 1. The van der Waals surface area contributed by atoms with Crippen LogP contribution >= 0.6 is 0 Å². The molecule has 0 saturated carbocycles. The number of hydrogen-bond acceptors (Lipinski definition) is 4. The lowest BCUT2D eigenvalue weighted by Crippen LogP contribution is -2.19. The number of likely N-dealkylation sites (N-methyl/N-ethyl adjacent to an activating group) is 1. The van der Waals surface area contributed by atoms with Crippen LogP contribution in [0.5, 0.6) is 5.75 Å². The van der Waals surface area contributed by atoms with E-state index in [1.807, 2.05) is 0 Å². The standard InChI is InChI=1S/C10H13N3O3/c1-13(7-10(14)15)12-11-8-3-5-9(16-2)6-4-8/h3-6H,7H2,1-2H3,(H,14,15). The van der Waals surface area contributed by atoms with Crippen molar-refractivity contribution in [1.29, 1.82) is 0 Å². The molecule has 0 bridgehead atoms. The Morgan fingerprint density at radius 2 is 2.06 bits per heavy atom. The number of methoxy groups -OCH3 is 1. The Bertz CT molecular complexity index is 375. The van der Waals surface area contributed by atoms with Gasteiger partial charge in [0, 0.05) is 7.05 Å². The van der Waals surface area contributed by atoms with Crippen LogP contribution in [0.25, 0.3) is 0 Å². The van der Waals surface area contributed by atoms with Crippen molar-refractivity contribution in [3.63, 3.8) is 0 Å². The zero-order valence-corrected chi connectivity index (χ0v) is 9.12. The topological polar surface area (TPSA) is 74.5 Å². The zero-order chi connectivity index (χ0) is 12.0. The van der Waals surface area contributed by atoms with E-state index in [1.165, 1.54) is 5.01 Å². The molecule has 0 aliphatic rings. The maximum Gasteiger partial charge on any atom is 0.324 e. The molecular weight excluding hydrogens is 210 g/mol. The van der Waals surface area contributed by atoms with E-state index >= 15 is 0 Å². The van der Waals surface area contributed by atoms with Crippen molar-refractivity contribution in [3.8, 4) is 5.75 Å². The highest BCUT2D eigenvalue weighted by molar-refractivity contribution is 5.68. The van der Waals surface area contributed by atoms with E-state index in [1.54, 1.807) is 38.4 Å². The third-order valence-electron chi connectivity index (χ3n) is 1.75. The van der Waals surface area contributed by atoms with E-state index in [0.29, 0.717) is 5.69 Å². The van der Waals surface area contributed by atoms with Gasteiger partial charge in [-0.1, -0.05) is 5.22 Å². The van der Waals surface area contributed by atoms with Crippen LogP contribution in [0, 0.1) is 0 Å². The number of carboxylic acids is 1. The number of nitrogens with zero attached hydrogens (tertiary/aromatic N) is 3. The van der Waals surface area contributed by atoms with Crippen molar-refractivity contribution in [2.24, 2.45) is 10.3 Å². The van der Waals surface area contributed by atoms with Crippen LogP contribution in [0.4, 0.5) is 5.69 Å². The fourth-order valence-corrected chi connectivity index (χ4v) is 1.00. The van der Waals surface area contributed by atoms with Crippen LogP contribution < -0.4 is 4.74 Å². The normalized spacial score (nSPS) is 10.4. The van der Waals surface area contributed by atoms with Crippen LogP contribution in [0.3, 0.4) is 0 Å². The van der Waals surface area contributed by atoms with E-state index in [0.717, 1.165) is 5.75 Å². The Balaban J connectivity index is 2.58. The number of ether oxygens (including phenoxy) is 1. The van der Waals surface area contributed by atoms with Crippen molar-refractivity contribution < 1.29 is 14.6 Å². The third-order valence-corrected chi connectivity index (χ3v) is 1.75. The molecule has 0 atom stereocenters. The Morgan fingerprint density at radius 3 is 2.56 bits per heavy atom. The first-order chi connectivity index (χ1) is 7.61. The van der Waals surface area contributed by atoms with Gasteiger partial charge in [-0.05, 0) is 24.3 Å². The van der Waals surface area contributed by atoms with Crippen molar-refractivity contribution in [3.05, 3.63) is 24.3 Å². The summed E-state index contributed by atoms with van der Waals surface area (Å²) in [4.78, 5) is 10.3. The smallest absolute Gasteiger partial charge is 0.324 e. The molecule has 0 aliphatic carbocycles. The fraction of sp³-hybridized carbons (Fsp3) is 0.300. The van der Waals surface area contributed by atoms with E-state index in [-0.39, 0.29) is 6.54 Å². The van der Waals surface area contributed by atoms with Gasteiger partial charge in [-0.2, -0.15) is 0 Å². The summed E-state index contributed by atoms with van der Waals surface area (Å²) in [6, 6.07) is 6.98. The molecule has 6 heteroatoms. The summed E-state index contributed by atoms with van der Waals surface area (Å²) in [5, 5.41) is 17.3. The number of carbonyl (C=O) groups is 1. The summed E-state index contributed by atoms with van der Waals surface area (Å²) >= 11 is 0. The van der Waals surface area contributed by atoms with Crippen LogP contribution in [-0.2, 0) is 4.79 Å². The molecule has 0 unspecified atom stereocenters. The Kier molecular flexibility index (Phi) is 4.26. The first-order valence-corrected chi connectivity index (χ1v) is 4.60. The summed E-state index contributed by atoms with van der Waals surface area (Å²) in [6.45, 7) is -0.181. The van der Waals surface area contributed by atoms with Crippen molar-refractivity contribution >= 4 is 11.7 Å². The SMILES string of the molecule is COc1ccc(N=NN(C)CC(=O)O)cc1. The van der Waals surface area contributed by atoms with Gasteiger partial charge < -0.3 is 9.84 Å². The van der Waals surface area contributed by atoms with Gasteiger partial charge in [0.1, 0.15) is 12.3 Å². The van der Waals surface area contributed by atoms with E-state index in [9.17, 15) is 4.79 Å². The average molecular weight is 223 g/mol. The summed E-state index contributed by atoms with van der Waals surface area (Å²) in [6.07, 6.45) is 0. The molecule has 0 fully saturated rings. The number of aliphatic carboxylic acids is 1. The predicted octanol–water partition coefficient (Wildman–Crippen LogP) is 1.71. The van der Waals surface area contributed by atoms with Crippen LogP contribution in [-0.4, -0.2) is 36.8 Å². The Labute approximate surface area is 93.1 Å². The molecule has 0 aliphatic heterocycles. The maximum atomic E-state index is 10.3. The molecule has 1 aromatic carbocycles. The maximum absolute atomic E-state index is 10.3. The first kappa shape index (κ1) is 12.0. The molecule has 0 radical (unpaired) electrons. The summed E-state index contributed by atoms with van der Waals surface area (Å²) in [5.74, 6) is -0.214. The summed E-state index contributed by atoms with van der Waals surface area (Å²) < 4.78 is 4.99. The molecule has 1 aromatic rings. The van der Waals surface area contributed by atoms with Gasteiger partial charge in [-0.15, -0.1) is 5.11 Å². The van der Waals surface area contributed by atoms with Gasteiger partial charge in [0.25, 0.3) is 0 Å². The van der Waals surface area contributed by atoms with Gasteiger partial charge >= 0.3 is 5.97 Å². The minimum Gasteiger partial charge on any atom is -0.497 e. The highest BCUT2D eigenvalue weighted by Gasteiger charge is 2.00. The first-order valence-electron chi connectivity index (χ1n) is 4.60. The molecule has 86 valence electrons. The van der Waals surface area contributed by atoms with Crippen molar-refractivity contribution in [2.75, 3.05) is 20.7 Å². The Hall–Kier alpha value is -2.11. The van der Waals surface area contributed by atoms with Crippen molar-refractivity contribution in [1.82, 2.24) is 5.01 Å². The molecule has 0 spiro atoms. The van der Waals surface area contributed by atoms with Gasteiger partial charge in [0.15, 0.2) is 0 Å². The van der Waals surface area contributed by atoms with Gasteiger partial charge in [0.05, 0.1) is 12.8 Å². The molecule has 1 rings (SSSR count). The van der Waals surface area contributed by atoms with Crippen LogP contribution in [0.1, 0.15) is 0 Å². The number of carboxylic acid groups (broad SMARTS) is 1. The molecule has 6 nitrogen and oxygen atoms in total. The number of rotatable bonds is 5. The van der Waals surface area contributed by atoms with Crippen LogP contribution in [0.15, 0.2) is 34.6 Å². The highest BCUT2D eigenvalue weighted by atomic mass is 16.5. The Morgan fingerprint density at radius 1 is 1.44 bits per heavy atom. The fourth-order valence-electron chi connectivity index (χ4n) is 1.00. The lowest BCUT2D eigenvalue weighted by molar-refractivity contribution is -0.138. The quantitative estimate of drug-likeness (QED) is 0.609. The lowest BCUT2D eigenvalue weighted by atomic mass is 10.3. The second-order valence-electron chi connectivity index (χ2n) is 3.10. The molecule has 0 heterocycles. The second kappa shape index (κ2) is 5.69. The summed E-state index contributed by atoms with van der Waals surface area (Å²) in [7, 11) is 3.12. The lowest BCUT2D eigenvalue weighted by Gasteiger charge is -2.06. The monoisotopic (exact) mass is 223 g/mol. The van der Waals surface area contributed by atoms with Gasteiger partial charge in [0.2, 0.25) is 0 Å². The van der Waals surface area contributed by atoms with E-state index < -0.39 is 5.97 Å². The molecule has 0 aromatic heterocycles. The molecule has 16 heavy (non-hydrogen) atoms. The molecular formula is C10H13N3O3. The van der Waals surface area contributed by atoms with Crippen LogP contribution in [0.2, 0.25) is 0 Å². The zero-order valence-electron chi connectivity index (χ0n) is 9.12. The van der Waals surface area contributed by atoms with Gasteiger partial charge in [-0.3, -0.25) is 9.80 Å². The van der Waals surface area contributed by atoms with Gasteiger partial charge in [-0.25, -0.2) is 0 Å². The average Bonchev–Trinajstić information content (AvgIpc) is 2.26. The van der Waals surface area contributed by atoms with E-state index in [4.69, 9.17) is 9.84 Å². The van der Waals surface area contributed by atoms with Crippen molar-refractivity contribution in [2.45, 2.75) is 0 Å². The highest BCUT2D eigenvalue weighted by Crippen LogP contribution is 2.17. The minimum atomic E-state index is -0.948. The third kappa shape index (κ3) is 3.95.